The van der Waals surface area contributed by atoms with Crippen LogP contribution < -0.4 is 5.32 Å². The zero-order valence-electron chi connectivity index (χ0n) is 15.9. The van der Waals surface area contributed by atoms with E-state index in [4.69, 9.17) is 4.98 Å². The number of ketones is 1. The number of Topliss-reactive ketones (excluding diaryl/α,β-unsaturated/α-hetero) is 1. The molecule has 0 fully saturated rings. The van der Waals surface area contributed by atoms with Gasteiger partial charge in [0.05, 0.1) is 16.3 Å². The molecule has 1 heterocycles. The van der Waals surface area contributed by atoms with Gasteiger partial charge in [-0.15, -0.1) is 0 Å². The summed E-state index contributed by atoms with van der Waals surface area (Å²) in [4.78, 5) is 28.5. The zero-order chi connectivity index (χ0) is 19.6. The number of aromatic nitrogens is 1. The van der Waals surface area contributed by atoms with Gasteiger partial charge in [-0.05, 0) is 63.1 Å². The van der Waals surface area contributed by atoms with Gasteiger partial charge < -0.3 is 5.32 Å². The Labute approximate surface area is 163 Å². The van der Waals surface area contributed by atoms with Crippen LogP contribution in [0.5, 0.6) is 0 Å². The fourth-order valence-electron chi connectivity index (χ4n) is 3.04. The van der Waals surface area contributed by atoms with Gasteiger partial charge in [0, 0.05) is 16.6 Å². The predicted molar refractivity (Wildman–Crippen MR) is 112 cm³/mol. The molecule has 0 aliphatic rings. The highest BCUT2D eigenvalue weighted by atomic mass is 32.2. The summed E-state index contributed by atoms with van der Waals surface area (Å²) in [7, 11) is 0. The van der Waals surface area contributed by atoms with E-state index < -0.39 is 0 Å². The Hall–Kier alpha value is -2.66. The van der Waals surface area contributed by atoms with E-state index in [0.717, 1.165) is 27.1 Å². The third-order valence-electron chi connectivity index (χ3n) is 4.34. The highest BCUT2D eigenvalue weighted by molar-refractivity contribution is 7.99. The van der Waals surface area contributed by atoms with Gasteiger partial charge in [-0.25, -0.2) is 4.98 Å². The monoisotopic (exact) mass is 378 g/mol. The van der Waals surface area contributed by atoms with Gasteiger partial charge in [0.15, 0.2) is 5.78 Å². The van der Waals surface area contributed by atoms with Crippen molar-refractivity contribution < 1.29 is 9.59 Å². The SMILES string of the molecule is CC(=O)c1cccc(NC(=O)CSc2cc(C)c3cc(C)cc(C)c3n2)c1. The molecule has 0 atom stereocenters. The number of nitrogens with one attached hydrogen (secondary N) is 1. The summed E-state index contributed by atoms with van der Waals surface area (Å²) in [6, 6.07) is 13.3. The molecule has 0 radical (unpaired) electrons. The van der Waals surface area contributed by atoms with Crippen LogP contribution in [0, 0.1) is 20.8 Å². The number of amides is 1. The molecule has 1 amide bonds. The van der Waals surface area contributed by atoms with Gasteiger partial charge >= 0.3 is 0 Å². The Morgan fingerprint density at radius 3 is 2.56 bits per heavy atom. The Bertz CT molecular complexity index is 1040. The molecule has 1 N–H and O–H groups in total. The highest BCUT2D eigenvalue weighted by Crippen LogP contribution is 2.27. The fourth-order valence-corrected chi connectivity index (χ4v) is 3.81. The van der Waals surface area contributed by atoms with Crippen molar-refractivity contribution in [3.8, 4) is 0 Å². The lowest BCUT2D eigenvalue weighted by Gasteiger charge is -2.10. The number of anilines is 1. The normalized spacial score (nSPS) is 10.8. The molecule has 0 saturated carbocycles. The summed E-state index contributed by atoms with van der Waals surface area (Å²) in [6.07, 6.45) is 0. The molecule has 3 aromatic rings. The lowest BCUT2D eigenvalue weighted by Crippen LogP contribution is -2.14. The minimum absolute atomic E-state index is 0.0260. The number of carbonyl (C=O) groups is 2. The molecular weight excluding hydrogens is 356 g/mol. The number of aryl methyl sites for hydroxylation is 3. The highest BCUT2D eigenvalue weighted by Gasteiger charge is 2.10. The lowest BCUT2D eigenvalue weighted by molar-refractivity contribution is -0.113. The van der Waals surface area contributed by atoms with Crippen LogP contribution in [0.4, 0.5) is 5.69 Å². The van der Waals surface area contributed by atoms with Crippen LogP contribution in [0.25, 0.3) is 10.9 Å². The van der Waals surface area contributed by atoms with E-state index in [9.17, 15) is 9.59 Å². The maximum atomic E-state index is 12.3. The second-order valence-corrected chi connectivity index (χ2v) is 7.72. The summed E-state index contributed by atoms with van der Waals surface area (Å²) in [5, 5.41) is 4.83. The molecule has 1 aromatic heterocycles. The number of thioether (sulfide) groups is 1. The van der Waals surface area contributed by atoms with E-state index in [1.807, 2.05) is 6.07 Å². The van der Waals surface area contributed by atoms with Crippen LogP contribution in [0.2, 0.25) is 0 Å². The molecule has 4 nitrogen and oxygen atoms in total. The van der Waals surface area contributed by atoms with Crippen molar-refractivity contribution in [1.29, 1.82) is 0 Å². The van der Waals surface area contributed by atoms with Crippen LogP contribution in [0.1, 0.15) is 34.0 Å². The van der Waals surface area contributed by atoms with Crippen molar-refractivity contribution in [2.75, 3.05) is 11.1 Å². The largest absolute Gasteiger partial charge is 0.325 e. The van der Waals surface area contributed by atoms with Crippen molar-refractivity contribution in [3.63, 3.8) is 0 Å². The first-order valence-electron chi connectivity index (χ1n) is 8.76. The van der Waals surface area contributed by atoms with Crippen molar-refractivity contribution in [1.82, 2.24) is 4.98 Å². The van der Waals surface area contributed by atoms with E-state index in [1.165, 1.54) is 24.2 Å². The van der Waals surface area contributed by atoms with Gasteiger partial charge in [0.1, 0.15) is 0 Å². The van der Waals surface area contributed by atoms with Crippen LogP contribution in [0.3, 0.4) is 0 Å². The van der Waals surface area contributed by atoms with Gasteiger partial charge in [0.2, 0.25) is 5.91 Å². The summed E-state index contributed by atoms with van der Waals surface area (Å²) >= 11 is 1.41. The quantitative estimate of drug-likeness (QED) is 0.496. The Balaban J connectivity index is 1.72. The summed E-state index contributed by atoms with van der Waals surface area (Å²) in [5.41, 5.74) is 5.71. The predicted octanol–water partition coefficient (Wildman–Crippen LogP) is 5.09. The molecule has 0 spiro atoms. The molecule has 0 bridgehead atoms. The van der Waals surface area contributed by atoms with Crippen LogP contribution >= 0.6 is 11.8 Å². The maximum Gasteiger partial charge on any atom is 0.234 e. The molecule has 0 saturated heterocycles. The number of carbonyl (C=O) groups excluding carboxylic acids is 2. The van der Waals surface area contributed by atoms with Crippen LogP contribution in [0.15, 0.2) is 47.5 Å². The first-order valence-corrected chi connectivity index (χ1v) is 9.74. The first-order chi connectivity index (χ1) is 12.8. The van der Waals surface area contributed by atoms with E-state index in [0.29, 0.717) is 11.3 Å². The molecular formula is C22H22N2O2S. The first kappa shape index (κ1) is 19.1. The fraction of sp³-hybridized carbons (Fsp3) is 0.227. The minimum Gasteiger partial charge on any atom is -0.325 e. The smallest absolute Gasteiger partial charge is 0.234 e. The average Bonchev–Trinajstić information content (AvgIpc) is 2.61. The Kier molecular flexibility index (Phi) is 5.61. The molecule has 2 aromatic carbocycles. The average molecular weight is 378 g/mol. The zero-order valence-corrected chi connectivity index (χ0v) is 16.7. The molecule has 0 aliphatic carbocycles. The topological polar surface area (TPSA) is 59.1 Å². The van der Waals surface area contributed by atoms with E-state index in [2.05, 4.69) is 38.2 Å². The number of benzene rings is 2. The van der Waals surface area contributed by atoms with Crippen molar-refractivity contribution in [3.05, 3.63) is 64.7 Å². The standard InChI is InChI=1S/C22H22N2O2S/c1-13-8-15(3)22-19(9-13)14(2)10-21(24-22)27-12-20(26)23-18-7-5-6-17(11-18)16(4)25/h5-11H,12H2,1-4H3,(H,23,26). The number of hydrogen-bond donors (Lipinski definition) is 1. The van der Waals surface area contributed by atoms with Crippen LogP contribution in [-0.2, 0) is 4.79 Å². The maximum absolute atomic E-state index is 12.3. The van der Waals surface area contributed by atoms with Gasteiger partial charge in [0.25, 0.3) is 0 Å². The van der Waals surface area contributed by atoms with Crippen molar-refractivity contribution >= 4 is 40.0 Å². The van der Waals surface area contributed by atoms with Crippen molar-refractivity contribution in [2.45, 2.75) is 32.7 Å². The number of rotatable bonds is 5. The molecule has 0 aliphatic heterocycles. The molecule has 27 heavy (non-hydrogen) atoms. The third-order valence-corrected chi connectivity index (χ3v) is 5.25. The molecule has 3 rings (SSSR count). The second kappa shape index (κ2) is 7.92. The summed E-state index contributed by atoms with van der Waals surface area (Å²) in [5.74, 6) is 0.107. The van der Waals surface area contributed by atoms with Gasteiger partial charge in [-0.2, -0.15) is 0 Å². The molecule has 5 heteroatoms. The summed E-state index contributed by atoms with van der Waals surface area (Å²) in [6.45, 7) is 7.72. The van der Waals surface area contributed by atoms with E-state index in [-0.39, 0.29) is 17.4 Å². The number of nitrogens with zero attached hydrogens (tertiary/aromatic N) is 1. The lowest BCUT2D eigenvalue weighted by atomic mass is 10.0. The van der Waals surface area contributed by atoms with E-state index in [1.54, 1.807) is 24.3 Å². The van der Waals surface area contributed by atoms with Crippen LogP contribution in [-0.4, -0.2) is 22.4 Å². The van der Waals surface area contributed by atoms with Crippen molar-refractivity contribution in [2.24, 2.45) is 0 Å². The van der Waals surface area contributed by atoms with Gasteiger partial charge in [-0.3, -0.25) is 9.59 Å². The minimum atomic E-state index is -0.124. The Morgan fingerprint density at radius 2 is 1.81 bits per heavy atom. The summed E-state index contributed by atoms with van der Waals surface area (Å²) < 4.78 is 0. The van der Waals surface area contributed by atoms with E-state index >= 15 is 0 Å². The molecule has 138 valence electrons. The number of pyridine rings is 1. The molecule has 0 unspecified atom stereocenters. The van der Waals surface area contributed by atoms with Gasteiger partial charge in [-0.1, -0.05) is 35.5 Å². The second-order valence-electron chi connectivity index (χ2n) is 6.73. The number of hydrogen-bond acceptors (Lipinski definition) is 4. The number of fused-ring (bicyclic) bond motifs is 1. The third kappa shape index (κ3) is 4.55. The Morgan fingerprint density at radius 1 is 1.04 bits per heavy atom.